The highest BCUT2D eigenvalue weighted by atomic mass is 19.1. The van der Waals surface area contributed by atoms with Gasteiger partial charge in [-0.2, -0.15) is 0 Å². The van der Waals surface area contributed by atoms with Gasteiger partial charge in [0.15, 0.2) is 0 Å². The van der Waals surface area contributed by atoms with Crippen molar-refractivity contribution in [2.45, 2.75) is 39.8 Å². The normalized spacial score (nSPS) is 10.5. The van der Waals surface area contributed by atoms with Gasteiger partial charge in [-0.15, -0.1) is 0 Å². The van der Waals surface area contributed by atoms with Gasteiger partial charge in [0.05, 0.1) is 13.0 Å². The topological polar surface area (TPSA) is 49.4 Å². The fourth-order valence-corrected chi connectivity index (χ4v) is 3.35. The third-order valence-electron chi connectivity index (χ3n) is 5.04. The van der Waals surface area contributed by atoms with E-state index in [1.165, 1.54) is 12.1 Å². The Morgan fingerprint density at radius 2 is 1.58 bits per heavy atom. The van der Waals surface area contributed by atoms with Crippen LogP contribution in [0.25, 0.3) is 0 Å². The first kappa shape index (κ1) is 22.2. The first-order valence-electron chi connectivity index (χ1n) is 10.4. The quantitative estimate of drug-likeness (QED) is 0.564. The monoisotopic (exact) mass is 418 g/mol. The molecule has 0 aliphatic heterocycles. The molecule has 0 aliphatic carbocycles. The van der Waals surface area contributed by atoms with Crippen LogP contribution >= 0.6 is 0 Å². The molecule has 0 bridgehead atoms. The van der Waals surface area contributed by atoms with Gasteiger partial charge in [0, 0.05) is 18.7 Å². The van der Waals surface area contributed by atoms with Gasteiger partial charge in [0.2, 0.25) is 11.8 Å². The molecule has 0 atom stereocenters. The zero-order chi connectivity index (χ0) is 22.2. The summed E-state index contributed by atoms with van der Waals surface area (Å²) < 4.78 is 13.0. The van der Waals surface area contributed by atoms with Gasteiger partial charge in [0.25, 0.3) is 0 Å². The number of amides is 2. The van der Waals surface area contributed by atoms with Crippen molar-refractivity contribution in [3.05, 3.63) is 101 Å². The molecule has 0 heterocycles. The van der Waals surface area contributed by atoms with Crippen molar-refractivity contribution in [2.75, 3.05) is 4.90 Å². The number of anilines is 1. The average molecular weight is 419 g/mol. The number of aryl methyl sites for hydroxylation is 1. The molecular weight excluding hydrogens is 391 g/mol. The van der Waals surface area contributed by atoms with Crippen molar-refractivity contribution in [1.29, 1.82) is 0 Å². The van der Waals surface area contributed by atoms with Crippen molar-refractivity contribution in [3.63, 3.8) is 0 Å². The maximum atomic E-state index is 13.0. The Kier molecular flexibility index (Phi) is 7.55. The minimum atomic E-state index is -0.298. The van der Waals surface area contributed by atoms with E-state index in [1.54, 1.807) is 17.0 Å². The van der Waals surface area contributed by atoms with Gasteiger partial charge < -0.3 is 10.2 Å². The van der Waals surface area contributed by atoms with E-state index in [0.29, 0.717) is 19.5 Å². The molecule has 3 aromatic carbocycles. The van der Waals surface area contributed by atoms with E-state index in [0.717, 1.165) is 27.9 Å². The van der Waals surface area contributed by atoms with Crippen LogP contribution in [-0.2, 0) is 29.1 Å². The zero-order valence-corrected chi connectivity index (χ0v) is 17.9. The Bertz CT molecular complexity index is 1030. The van der Waals surface area contributed by atoms with Crippen molar-refractivity contribution in [1.82, 2.24) is 5.32 Å². The molecule has 0 aliphatic rings. The molecule has 3 rings (SSSR count). The van der Waals surface area contributed by atoms with Crippen LogP contribution in [0, 0.1) is 12.7 Å². The summed E-state index contributed by atoms with van der Waals surface area (Å²) in [4.78, 5) is 26.6. The fourth-order valence-electron chi connectivity index (χ4n) is 3.35. The minimum Gasteiger partial charge on any atom is -0.352 e. The van der Waals surface area contributed by atoms with E-state index in [1.807, 2.05) is 56.3 Å². The summed E-state index contributed by atoms with van der Waals surface area (Å²) in [5.41, 5.74) is 4.74. The molecule has 0 unspecified atom stereocenters. The summed E-state index contributed by atoms with van der Waals surface area (Å²) in [6, 6.07) is 21.7. The smallest absolute Gasteiger partial charge is 0.227 e. The lowest BCUT2D eigenvalue weighted by Gasteiger charge is -2.23. The summed E-state index contributed by atoms with van der Waals surface area (Å²) in [6.07, 6.45) is 0.653. The number of carbonyl (C=O) groups is 2. The standard InChI is InChI=1S/C26H27FN2O2/c1-3-26(31)29(18-22-6-4-5-19(2)15-22)24-13-9-20(10-14-24)16-25(30)28-17-21-7-11-23(27)12-8-21/h4-15H,3,16-18H2,1-2H3,(H,28,30). The predicted molar refractivity (Wildman–Crippen MR) is 121 cm³/mol. The molecule has 5 heteroatoms. The van der Waals surface area contributed by atoms with Crippen molar-refractivity contribution in [2.24, 2.45) is 0 Å². The number of nitrogens with zero attached hydrogens (tertiary/aromatic N) is 1. The van der Waals surface area contributed by atoms with Crippen molar-refractivity contribution in [3.8, 4) is 0 Å². The van der Waals surface area contributed by atoms with Gasteiger partial charge in [-0.25, -0.2) is 4.39 Å². The van der Waals surface area contributed by atoms with Crippen LogP contribution < -0.4 is 10.2 Å². The Balaban J connectivity index is 1.62. The lowest BCUT2D eigenvalue weighted by Crippen LogP contribution is -2.29. The van der Waals surface area contributed by atoms with E-state index in [4.69, 9.17) is 0 Å². The third-order valence-corrected chi connectivity index (χ3v) is 5.04. The van der Waals surface area contributed by atoms with Gasteiger partial charge in [-0.1, -0.05) is 61.0 Å². The first-order valence-corrected chi connectivity index (χ1v) is 10.4. The van der Waals surface area contributed by atoms with Gasteiger partial charge in [-0.05, 0) is 47.9 Å². The van der Waals surface area contributed by atoms with Crippen molar-refractivity contribution >= 4 is 17.5 Å². The number of rotatable bonds is 8. The average Bonchev–Trinajstić information content (AvgIpc) is 2.77. The second-order valence-corrected chi connectivity index (χ2v) is 7.57. The van der Waals surface area contributed by atoms with E-state index in [9.17, 15) is 14.0 Å². The summed E-state index contributed by atoms with van der Waals surface area (Å²) in [5.74, 6) is -0.363. The van der Waals surface area contributed by atoms with Crippen LogP contribution in [-0.4, -0.2) is 11.8 Å². The van der Waals surface area contributed by atoms with Crippen LogP contribution in [0.2, 0.25) is 0 Å². The van der Waals surface area contributed by atoms with E-state index in [2.05, 4.69) is 11.4 Å². The number of halogens is 1. The Morgan fingerprint density at radius 3 is 2.23 bits per heavy atom. The van der Waals surface area contributed by atoms with E-state index in [-0.39, 0.29) is 24.1 Å². The van der Waals surface area contributed by atoms with Gasteiger partial charge >= 0.3 is 0 Å². The molecule has 0 radical (unpaired) electrons. The summed E-state index contributed by atoms with van der Waals surface area (Å²) >= 11 is 0. The first-order chi connectivity index (χ1) is 14.9. The maximum Gasteiger partial charge on any atom is 0.227 e. The number of nitrogens with one attached hydrogen (secondary N) is 1. The highest BCUT2D eigenvalue weighted by Crippen LogP contribution is 2.20. The molecular formula is C26H27FN2O2. The Labute approximate surface area is 182 Å². The number of hydrogen-bond acceptors (Lipinski definition) is 2. The molecule has 160 valence electrons. The third kappa shape index (κ3) is 6.51. The lowest BCUT2D eigenvalue weighted by atomic mass is 10.1. The van der Waals surface area contributed by atoms with E-state index < -0.39 is 0 Å². The van der Waals surface area contributed by atoms with Crippen LogP contribution in [0.5, 0.6) is 0 Å². The molecule has 2 amide bonds. The number of benzene rings is 3. The maximum absolute atomic E-state index is 13.0. The summed E-state index contributed by atoms with van der Waals surface area (Å²) in [5, 5.41) is 2.84. The Hall–Kier alpha value is -3.47. The molecule has 0 saturated heterocycles. The zero-order valence-electron chi connectivity index (χ0n) is 17.9. The van der Waals surface area contributed by atoms with Gasteiger partial charge in [0.1, 0.15) is 5.82 Å². The largest absolute Gasteiger partial charge is 0.352 e. The van der Waals surface area contributed by atoms with Crippen molar-refractivity contribution < 1.29 is 14.0 Å². The lowest BCUT2D eigenvalue weighted by molar-refractivity contribution is -0.120. The summed E-state index contributed by atoms with van der Waals surface area (Å²) in [7, 11) is 0. The second kappa shape index (κ2) is 10.5. The molecule has 3 aromatic rings. The molecule has 4 nitrogen and oxygen atoms in total. The number of carbonyl (C=O) groups excluding carboxylic acids is 2. The molecule has 0 saturated carbocycles. The minimum absolute atomic E-state index is 0.0475. The Morgan fingerprint density at radius 1 is 0.903 bits per heavy atom. The molecule has 0 fully saturated rings. The fraction of sp³-hybridized carbons (Fsp3) is 0.231. The van der Waals surface area contributed by atoms with Crippen LogP contribution in [0.15, 0.2) is 72.8 Å². The van der Waals surface area contributed by atoms with E-state index >= 15 is 0 Å². The summed E-state index contributed by atoms with van der Waals surface area (Å²) in [6.45, 7) is 4.75. The molecule has 31 heavy (non-hydrogen) atoms. The van der Waals surface area contributed by atoms with Crippen LogP contribution in [0.4, 0.5) is 10.1 Å². The second-order valence-electron chi connectivity index (χ2n) is 7.57. The van der Waals surface area contributed by atoms with Crippen LogP contribution in [0.1, 0.15) is 35.6 Å². The SMILES string of the molecule is CCC(=O)N(Cc1cccc(C)c1)c1ccc(CC(=O)NCc2ccc(F)cc2)cc1. The molecule has 0 aromatic heterocycles. The molecule has 1 N–H and O–H groups in total. The highest BCUT2D eigenvalue weighted by Gasteiger charge is 2.15. The van der Waals surface area contributed by atoms with Gasteiger partial charge in [-0.3, -0.25) is 9.59 Å². The molecule has 0 spiro atoms. The number of hydrogen-bond donors (Lipinski definition) is 1. The highest BCUT2D eigenvalue weighted by molar-refractivity contribution is 5.93. The van der Waals surface area contributed by atoms with Crippen LogP contribution in [0.3, 0.4) is 0 Å². The predicted octanol–water partition coefficient (Wildman–Crippen LogP) is 4.94.